The van der Waals surface area contributed by atoms with Crippen LogP contribution in [0.2, 0.25) is 10.0 Å². The number of aromatic nitrogens is 2. The van der Waals surface area contributed by atoms with E-state index in [0.29, 0.717) is 27.8 Å². The molecule has 0 saturated carbocycles. The Hall–Kier alpha value is -1.32. The average molecular weight is 269 g/mol. The maximum Gasteiger partial charge on any atom is 0.212 e. The Bertz CT molecular complexity index is 546. The van der Waals surface area contributed by atoms with Crippen LogP contribution in [-0.2, 0) is 6.54 Å². The van der Waals surface area contributed by atoms with Crippen molar-refractivity contribution in [2.24, 2.45) is 0 Å². The summed E-state index contributed by atoms with van der Waals surface area (Å²) >= 11 is 11.7. The lowest BCUT2D eigenvalue weighted by Gasteiger charge is -2.04. The summed E-state index contributed by atoms with van der Waals surface area (Å²) in [5, 5.41) is 5.00. The van der Waals surface area contributed by atoms with Crippen molar-refractivity contribution >= 4 is 29.0 Å². The number of ketones is 1. The first-order chi connectivity index (χ1) is 8.13. The molecule has 17 heavy (non-hydrogen) atoms. The molecular formula is C12H10Cl2N2O. The Labute approximate surface area is 109 Å². The molecule has 0 spiro atoms. The number of nitrogens with zero attached hydrogens (tertiary/aromatic N) is 2. The van der Waals surface area contributed by atoms with Crippen LogP contribution in [0.5, 0.6) is 0 Å². The van der Waals surface area contributed by atoms with Crippen molar-refractivity contribution in [3.05, 3.63) is 51.8 Å². The van der Waals surface area contributed by atoms with Crippen LogP contribution in [0.4, 0.5) is 0 Å². The number of carbonyl (C=O) groups excluding carboxylic acids is 1. The van der Waals surface area contributed by atoms with E-state index >= 15 is 0 Å². The van der Waals surface area contributed by atoms with Crippen LogP contribution in [0.15, 0.2) is 30.5 Å². The van der Waals surface area contributed by atoms with Crippen molar-refractivity contribution in [3.8, 4) is 0 Å². The minimum Gasteiger partial charge on any atom is -0.287 e. The fourth-order valence-electron chi connectivity index (χ4n) is 1.57. The van der Waals surface area contributed by atoms with E-state index in [4.69, 9.17) is 23.2 Å². The van der Waals surface area contributed by atoms with Gasteiger partial charge in [0.2, 0.25) is 5.78 Å². The lowest BCUT2D eigenvalue weighted by Crippen LogP contribution is -2.10. The predicted molar refractivity (Wildman–Crippen MR) is 67.8 cm³/mol. The largest absolute Gasteiger partial charge is 0.287 e. The molecule has 0 fully saturated rings. The third-order valence-electron chi connectivity index (χ3n) is 2.42. The molecule has 1 heterocycles. The summed E-state index contributed by atoms with van der Waals surface area (Å²) < 4.78 is 1.58. The topological polar surface area (TPSA) is 34.9 Å². The van der Waals surface area contributed by atoms with Gasteiger partial charge in [-0.3, -0.25) is 9.48 Å². The fourth-order valence-corrected chi connectivity index (χ4v) is 1.92. The molecular weight excluding hydrogens is 259 g/mol. The molecule has 3 nitrogen and oxygen atoms in total. The van der Waals surface area contributed by atoms with Gasteiger partial charge in [-0.05, 0) is 31.2 Å². The molecule has 0 atom stereocenters. The monoisotopic (exact) mass is 268 g/mol. The molecule has 0 radical (unpaired) electrons. The van der Waals surface area contributed by atoms with Crippen LogP contribution in [0.1, 0.15) is 23.0 Å². The van der Waals surface area contributed by atoms with Gasteiger partial charge in [0.15, 0.2) is 0 Å². The summed E-state index contributed by atoms with van der Waals surface area (Å²) in [6.07, 6.45) is 1.48. The molecule has 0 N–H and O–H groups in total. The zero-order valence-corrected chi connectivity index (χ0v) is 10.7. The van der Waals surface area contributed by atoms with Gasteiger partial charge in [-0.1, -0.05) is 23.2 Å². The van der Waals surface area contributed by atoms with Gasteiger partial charge in [0.05, 0.1) is 11.2 Å². The van der Waals surface area contributed by atoms with Crippen molar-refractivity contribution in [2.45, 2.75) is 13.5 Å². The first-order valence-corrected chi connectivity index (χ1v) is 5.90. The number of hydrogen-bond acceptors (Lipinski definition) is 2. The summed E-state index contributed by atoms with van der Waals surface area (Å²) in [4.78, 5) is 12.2. The van der Waals surface area contributed by atoms with Crippen LogP contribution < -0.4 is 0 Å². The maximum atomic E-state index is 12.2. The summed E-state index contributed by atoms with van der Waals surface area (Å²) in [6.45, 7) is 2.50. The highest BCUT2D eigenvalue weighted by Gasteiger charge is 2.18. The molecule has 0 aliphatic carbocycles. The van der Waals surface area contributed by atoms with Gasteiger partial charge in [-0.2, -0.15) is 5.10 Å². The molecule has 1 aromatic heterocycles. The van der Waals surface area contributed by atoms with Crippen molar-refractivity contribution in [3.63, 3.8) is 0 Å². The van der Waals surface area contributed by atoms with Crippen molar-refractivity contribution in [1.82, 2.24) is 9.78 Å². The molecule has 0 unspecified atom stereocenters. The Kier molecular flexibility index (Phi) is 3.50. The van der Waals surface area contributed by atoms with Crippen LogP contribution in [-0.4, -0.2) is 15.6 Å². The van der Waals surface area contributed by atoms with Gasteiger partial charge < -0.3 is 0 Å². The molecule has 2 aromatic rings. The number of hydrogen-bond donors (Lipinski definition) is 0. The van der Waals surface area contributed by atoms with E-state index < -0.39 is 0 Å². The minimum absolute atomic E-state index is 0.147. The SMILES string of the molecule is CCn1ncc(Cl)c1C(=O)c1ccc(Cl)cc1. The van der Waals surface area contributed by atoms with E-state index in [2.05, 4.69) is 5.10 Å². The first kappa shape index (κ1) is 12.1. The van der Waals surface area contributed by atoms with E-state index in [0.717, 1.165) is 0 Å². The Morgan fingerprint density at radius 1 is 1.29 bits per heavy atom. The van der Waals surface area contributed by atoms with E-state index in [1.165, 1.54) is 6.20 Å². The van der Waals surface area contributed by atoms with E-state index in [-0.39, 0.29) is 5.78 Å². The number of benzene rings is 1. The maximum absolute atomic E-state index is 12.2. The Balaban J connectivity index is 2.43. The smallest absolute Gasteiger partial charge is 0.212 e. The lowest BCUT2D eigenvalue weighted by atomic mass is 10.1. The van der Waals surface area contributed by atoms with Gasteiger partial charge in [0.1, 0.15) is 5.69 Å². The fraction of sp³-hybridized carbons (Fsp3) is 0.167. The molecule has 0 saturated heterocycles. The summed E-state index contributed by atoms with van der Waals surface area (Å²) in [5.41, 5.74) is 0.961. The molecule has 0 aliphatic heterocycles. The normalized spacial score (nSPS) is 10.5. The quantitative estimate of drug-likeness (QED) is 0.800. The van der Waals surface area contributed by atoms with Crippen LogP contribution in [0.25, 0.3) is 0 Å². The van der Waals surface area contributed by atoms with Gasteiger partial charge in [0, 0.05) is 17.1 Å². The second-order valence-electron chi connectivity index (χ2n) is 3.49. The number of carbonyl (C=O) groups is 1. The van der Waals surface area contributed by atoms with E-state index in [1.807, 2.05) is 6.92 Å². The number of halogens is 2. The lowest BCUT2D eigenvalue weighted by molar-refractivity contribution is 0.102. The Morgan fingerprint density at radius 3 is 2.53 bits per heavy atom. The second kappa shape index (κ2) is 4.90. The van der Waals surface area contributed by atoms with Gasteiger partial charge >= 0.3 is 0 Å². The zero-order chi connectivity index (χ0) is 12.4. The molecule has 5 heteroatoms. The first-order valence-electron chi connectivity index (χ1n) is 5.15. The highest BCUT2D eigenvalue weighted by molar-refractivity contribution is 6.34. The third kappa shape index (κ3) is 2.35. The van der Waals surface area contributed by atoms with Crippen LogP contribution in [0, 0.1) is 0 Å². The molecule has 2 rings (SSSR count). The highest BCUT2D eigenvalue weighted by atomic mass is 35.5. The number of aryl methyl sites for hydroxylation is 1. The average Bonchev–Trinajstić information content (AvgIpc) is 2.70. The second-order valence-corrected chi connectivity index (χ2v) is 4.34. The summed E-state index contributed by atoms with van der Waals surface area (Å²) in [6, 6.07) is 6.70. The molecule has 0 amide bonds. The van der Waals surface area contributed by atoms with Gasteiger partial charge in [-0.25, -0.2) is 0 Å². The molecule has 88 valence electrons. The van der Waals surface area contributed by atoms with Crippen LogP contribution in [0.3, 0.4) is 0 Å². The van der Waals surface area contributed by atoms with E-state index in [9.17, 15) is 4.79 Å². The summed E-state index contributed by atoms with van der Waals surface area (Å²) in [5.74, 6) is -0.147. The third-order valence-corrected chi connectivity index (χ3v) is 2.94. The summed E-state index contributed by atoms with van der Waals surface area (Å²) in [7, 11) is 0. The minimum atomic E-state index is -0.147. The van der Waals surface area contributed by atoms with Gasteiger partial charge in [0.25, 0.3) is 0 Å². The predicted octanol–water partition coefficient (Wildman–Crippen LogP) is 3.44. The number of rotatable bonds is 3. The van der Waals surface area contributed by atoms with Crippen LogP contribution >= 0.6 is 23.2 Å². The van der Waals surface area contributed by atoms with Crippen molar-refractivity contribution < 1.29 is 4.79 Å². The highest BCUT2D eigenvalue weighted by Crippen LogP contribution is 2.20. The molecule has 0 aliphatic rings. The standard InChI is InChI=1S/C12H10Cl2N2O/c1-2-16-11(10(14)7-15-16)12(17)8-3-5-9(13)6-4-8/h3-7H,2H2,1H3. The zero-order valence-electron chi connectivity index (χ0n) is 9.15. The van der Waals surface area contributed by atoms with Crippen molar-refractivity contribution in [2.75, 3.05) is 0 Å². The van der Waals surface area contributed by atoms with E-state index in [1.54, 1.807) is 28.9 Å². The Morgan fingerprint density at radius 2 is 1.94 bits per heavy atom. The van der Waals surface area contributed by atoms with Gasteiger partial charge in [-0.15, -0.1) is 0 Å². The molecule has 1 aromatic carbocycles. The van der Waals surface area contributed by atoms with Crippen molar-refractivity contribution in [1.29, 1.82) is 0 Å². The molecule has 0 bridgehead atoms.